The van der Waals surface area contributed by atoms with Gasteiger partial charge < -0.3 is 5.23 Å². The summed E-state index contributed by atoms with van der Waals surface area (Å²) in [6.07, 6.45) is 8.42. The molecule has 14 heavy (non-hydrogen) atoms. The first-order valence-corrected chi connectivity index (χ1v) is 6.45. The van der Waals surface area contributed by atoms with Gasteiger partial charge in [0, 0.05) is 0 Å². The third kappa shape index (κ3) is 4.50. The highest BCUT2D eigenvalue weighted by atomic mass is 14.8. The highest BCUT2D eigenvalue weighted by Crippen LogP contribution is 2.20. The maximum atomic E-state index is 3.71. The molecule has 0 amide bonds. The van der Waals surface area contributed by atoms with E-state index >= 15 is 0 Å². The zero-order valence-corrected chi connectivity index (χ0v) is 10.2. The van der Waals surface area contributed by atoms with E-state index in [1.165, 1.54) is 45.9 Å². The van der Waals surface area contributed by atoms with Crippen LogP contribution in [0.15, 0.2) is 0 Å². The van der Waals surface area contributed by atoms with Crippen molar-refractivity contribution >= 4 is 7.41 Å². The van der Waals surface area contributed by atoms with Crippen LogP contribution in [0.25, 0.3) is 0 Å². The summed E-state index contributed by atoms with van der Waals surface area (Å²) in [5.41, 5.74) is 0. The smallest absolute Gasteiger partial charge is 0.204 e. The summed E-state index contributed by atoms with van der Waals surface area (Å²) in [5, 5.41) is 3.71. The van der Waals surface area contributed by atoms with Crippen molar-refractivity contribution in [3.8, 4) is 0 Å². The number of nitrogens with one attached hydrogen (secondary N) is 1. The standard InChI is InChI=1S/C12H26BN/c1-4-10(2)9-11(3)13-14-12-7-5-6-8-12/h10-14H,4-9H2,1-3H3/t10-,11-/m0/s1. The quantitative estimate of drug-likeness (QED) is 0.642. The molecule has 2 heteroatoms. The molecule has 0 bridgehead atoms. The Balaban J connectivity index is 2.04. The second-order valence-electron chi connectivity index (χ2n) is 5.24. The lowest BCUT2D eigenvalue weighted by atomic mass is 9.71. The molecule has 2 atom stereocenters. The Morgan fingerprint density at radius 1 is 1.29 bits per heavy atom. The Hall–Kier alpha value is 0.0249. The fourth-order valence-corrected chi connectivity index (χ4v) is 2.43. The van der Waals surface area contributed by atoms with Crippen molar-refractivity contribution < 1.29 is 0 Å². The van der Waals surface area contributed by atoms with Gasteiger partial charge in [0.1, 0.15) is 0 Å². The first kappa shape index (κ1) is 12.1. The van der Waals surface area contributed by atoms with E-state index in [0.717, 1.165) is 17.8 Å². The van der Waals surface area contributed by atoms with Gasteiger partial charge in [-0.3, -0.25) is 0 Å². The predicted octanol–water partition coefficient (Wildman–Crippen LogP) is 3.11. The highest BCUT2D eigenvalue weighted by molar-refractivity contribution is 6.34. The number of hydrogen-bond donors (Lipinski definition) is 1. The molecule has 0 aromatic carbocycles. The monoisotopic (exact) mass is 195 g/mol. The van der Waals surface area contributed by atoms with Crippen molar-refractivity contribution in [3.63, 3.8) is 0 Å². The van der Waals surface area contributed by atoms with Crippen LogP contribution in [0.4, 0.5) is 0 Å². The maximum absolute atomic E-state index is 3.71. The van der Waals surface area contributed by atoms with E-state index in [-0.39, 0.29) is 0 Å². The van der Waals surface area contributed by atoms with Crippen LogP contribution in [0.2, 0.25) is 5.82 Å². The average molecular weight is 195 g/mol. The topological polar surface area (TPSA) is 12.0 Å². The fraction of sp³-hybridized carbons (Fsp3) is 1.00. The fourth-order valence-electron chi connectivity index (χ4n) is 2.43. The third-order valence-corrected chi connectivity index (χ3v) is 3.61. The van der Waals surface area contributed by atoms with Crippen LogP contribution in [0.1, 0.15) is 59.3 Å². The van der Waals surface area contributed by atoms with Gasteiger partial charge >= 0.3 is 0 Å². The van der Waals surface area contributed by atoms with Crippen LogP contribution < -0.4 is 5.23 Å². The minimum atomic E-state index is 0.842. The summed E-state index contributed by atoms with van der Waals surface area (Å²) in [4.78, 5) is 0. The van der Waals surface area contributed by atoms with Crippen molar-refractivity contribution in [1.29, 1.82) is 0 Å². The van der Waals surface area contributed by atoms with Gasteiger partial charge in [-0.1, -0.05) is 52.3 Å². The Kier molecular flexibility index (Phi) is 5.61. The van der Waals surface area contributed by atoms with Crippen molar-refractivity contribution in [2.24, 2.45) is 5.92 Å². The molecular weight excluding hydrogens is 169 g/mol. The number of hydrogen-bond acceptors (Lipinski definition) is 1. The van der Waals surface area contributed by atoms with E-state index in [2.05, 4.69) is 26.0 Å². The highest BCUT2D eigenvalue weighted by Gasteiger charge is 2.16. The molecule has 0 spiro atoms. The SMILES string of the molecule is CC[C@H](C)C[C@H](C)BNC1CCCC1. The summed E-state index contributed by atoms with van der Waals surface area (Å²) in [7, 11) is 1.23. The van der Waals surface area contributed by atoms with E-state index in [0.29, 0.717) is 0 Å². The zero-order chi connectivity index (χ0) is 10.4. The van der Waals surface area contributed by atoms with Gasteiger partial charge in [-0.05, 0) is 24.8 Å². The Morgan fingerprint density at radius 2 is 1.93 bits per heavy atom. The lowest BCUT2D eigenvalue weighted by Crippen LogP contribution is -2.32. The second kappa shape index (κ2) is 6.50. The average Bonchev–Trinajstić information content (AvgIpc) is 2.67. The zero-order valence-electron chi connectivity index (χ0n) is 10.2. The maximum Gasteiger partial charge on any atom is 0.204 e. The van der Waals surface area contributed by atoms with Crippen molar-refractivity contribution in [1.82, 2.24) is 5.23 Å². The number of rotatable bonds is 6. The molecule has 0 aromatic heterocycles. The molecule has 1 aliphatic rings. The molecule has 0 heterocycles. The van der Waals surface area contributed by atoms with Gasteiger partial charge in [-0.2, -0.15) is 0 Å². The molecular formula is C12H26BN. The normalized spacial score (nSPS) is 22.2. The van der Waals surface area contributed by atoms with E-state index in [9.17, 15) is 0 Å². The van der Waals surface area contributed by atoms with Crippen LogP contribution in [0.5, 0.6) is 0 Å². The van der Waals surface area contributed by atoms with E-state index in [1.807, 2.05) is 0 Å². The van der Waals surface area contributed by atoms with Gasteiger partial charge in [0.2, 0.25) is 7.41 Å². The van der Waals surface area contributed by atoms with Gasteiger partial charge in [-0.25, -0.2) is 0 Å². The molecule has 0 saturated heterocycles. The molecule has 1 fully saturated rings. The van der Waals surface area contributed by atoms with Crippen molar-refractivity contribution in [2.45, 2.75) is 71.2 Å². The van der Waals surface area contributed by atoms with Gasteiger partial charge in [0.25, 0.3) is 0 Å². The van der Waals surface area contributed by atoms with E-state index in [1.54, 1.807) is 0 Å². The summed E-state index contributed by atoms with van der Waals surface area (Å²) in [6.45, 7) is 7.04. The van der Waals surface area contributed by atoms with E-state index < -0.39 is 0 Å². The van der Waals surface area contributed by atoms with Gasteiger partial charge in [0.15, 0.2) is 0 Å². The molecule has 1 rings (SSSR count). The van der Waals surface area contributed by atoms with Crippen LogP contribution >= 0.6 is 0 Å². The van der Waals surface area contributed by atoms with E-state index in [4.69, 9.17) is 0 Å². The molecule has 1 N–H and O–H groups in total. The summed E-state index contributed by atoms with van der Waals surface area (Å²) >= 11 is 0. The molecule has 0 aromatic rings. The van der Waals surface area contributed by atoms with Crippen molar-refractivity contribution in [2.75, 3.05) is 0 Å². The molecule has 1 aliphatic carbocycles. The molecule has 0 aliphatic heterocycles. The molecule has 0 radical (unpaired) electrons. The minimum Gasteiger partial charge on any atom is -0.356 e. The molecule has 82 valence electrons. The first-order chi connectivity index (χ1) is 6.72. The first-order valence-electron chi connectivity index (χ1n) is 6.45. The summed E-state index contributed by atoms with van der Waals surface area (Å²) in [5.74, 6) is 1.75. The Labute approximate surface area is 90.3 Å². The second-order valence-corrected chi connectivity index (χ2v) is 5.24. The van der Waals surface area contributed by atoms with Crippen LogP contribution in [-0.4, -0.2) is 13.5 Å². The largest absolute Gasteiger partial charge is 0.356 e. The summed E-state index contributed by atoms with van der Waals surface area (Å²) < 4.78 is 0. The lowest BCUT2D eigenvalue weighted by Gasteiger charge is -2.18. The Morgan fingerprint density at radius 3 is 2.50 bits per heavy atom. The lowest BCUT2D eigenvalue weighted by molar-refractivity contribution is 0.502. The Bertz CT molecular complexity index is 143. The van der Waals surface area contributed by atoms with Crippen LogP contribution in [-0.2, 0) is 0 Å². The molecule has 1 nitrogen and oxygen atoms in total. The third-order valence-electron chi connectivity index (χ3n) is 3.61. The van der Waals surface area contributed by atoms with Crippen LogP contribution in [0.3, 0.4) is 0 Å². The minimum absolute atomic E-state index is 0.842. The predicted molar refractivity (Wildman–Crippen MR) is 66.0 cm³/mol. The molecule has 0 unspecified atom stereocenters. The van der Waals surface area contributed by atoms with Gasteiger partial charge in [-0.15, -0.1) is 0 Å². The van der Waals surface area contributed by atoms with Crippen molar-refractivity contribution in [3.05, 3.63) is 0 Å². The van der Waals surface area contributed by atoms with Gasteiger partial charge in [0.05, 0.1) is 0 Å². The van der Waals surface area contributed by atoms with Crippen LogP contribution in [0, 0.1) is 5.92 Å². The molecule has 1 saturated carbocycles. The summed E-state index contributed by atoms with van der Waals surface area (Å²) in [6, 6.07) is 0.842.